The lowest BCUT2D eigenvalue weighted by Crippen LogP contribution is -2.26. The SMILES string of the molecule is CC(C)NCCCC(=O)C1CCC1. The van der Waals surface area contributed by atoms with E-state index in [4.69, 9.17) is 0 Å². The molecule has 0 spiro atoms. The number of rotatable bonds is 6. The molecule has 0 saturated heterocycles. The molecule has 0 heterocycles. The van der Waals surface area contributed by atoms with E-state index in [1.165, 1.54) is 6.42 Å². The molecule has 0 aromatic rings. The van der Waals surface area contributed by atoms with Crippen LogP contribution in [0.2, 0.25) is 0 Å². The highest BCUT2D eigenvalue weighted by Gasteiger charge is 2.23. The van der Waals surface area contributed by atoms with Crippen molar-refractivity contribution in [1.82, 2.24) is 5.32 Å². The number of Topliss-reactive ketones (excluding diaryl/α,β-unsaturated/α-hetero) is 1. The van der Waals surface area contributed by atoms with Crippen molar-refractivity contribution in [2.75, 3.05) is 6.54 Å². The number of carbonyl (C=O) groups excluding carboxylic acids is 1. The van der Waals surface area contributed by atoms with Crippen LogP contribution in [-0.2, 0) is 4.79 Å². The van der Waals surface area contributed by atoms with Crippen LogP contribution in [0.15, 0.2) is 0 Å². The van der Waals surface area contributed by atoms with Gasteiger partial charge in [0.05, 0.1) is 0 Å². The molecule has 2 heteroatoms. The molecule has 1 N–H and O–H groups in total. The Morgan fingerprint density at radius 3 is 2.62 bits per heavy atom. The topological polar surface area (TPSA) is 29.1 Å². The predicted octanol–water partition coefficient (Wildman–Crippen LogP) is 2.13. The molecular formula is C11H21NO. The van der Waals surface area contributed by atoms with Crippen molar-refractivity contribution in [3.05, 3.63) is 0 Å². The van der Waals surface area contributed by atoms with E-state index in [1.54, 1.807) is 0 Å². The second-order valence-corrected chi connectivity index (χ2v) is 4.31. The summed E-state index contributed by atoms with van der Waals surface area (Å²) < 4.78 is 0. The van der Waals surface area contributed by atoms with Crippen molar-refractivity contribution < 1.29 is 4.79 Å². The molecule has 0 bridgehead atoms. The summed E-state index contributed by atoms with van der Waals surface area (Å²) in [7, 11) is 0. The van der Waals surface area contributed by atoms with Gasteiger partial charge in [-0.3, -0.25) is 4.79 Å². The first kappa shape index (κ1) is 10.7. The van der Waals surface area contributed by atoms with E-state index in [9.17, 15) is 4.79 Å². The molecule has 2 nitrogen and oxygen atoms in total. The van der Waals surface area contributed by atoms with Crippen LogP contribution >= 0.6 is 0 Å². The lowest BCUT2D eigenvalue weighted by atomic mass is 9.81. The molecule has 0 aromatic heterocycles. The van der Waals surface area contributed by atoms with Gasteiger partial charge in [0.1, 0.15) is 5.78 Å². The minimum Gasteiger partial charge on any atom is -0.315 e. The molecule has 0 aliphatic heterocycles. The zero-order valence-electron chi connectivity index (χ0n) is 8.81. The Bertz CT molecular complexity index is 161. The Kier molecular flexibility index (Phi) is 4.43. The lowest BCUT2D eigenvalue weighted by molar-refractivity contribution is -0.125. The maximum atomic E-state index is 11.4. The van der Waals surface area contributed by atoms with Gasteiger partial charge >= 0.3 is 0 Å². The second-order valence-electron chi connectivity index (χ2n) is 4.31. The average molecular weight is 183 g/mol. The highest BCUT2D eigenvalue weighted by Crippen LogP contribution is 2.28. The van der Waals surface area contributed by atoms with E-state index >= 15 is 0 Å². The molecule has 0 aromatic carbocycles. The number of hydrogen-bond donors (Lipinski definition) is 1. The summed E-state index contributed by atoms with van der Waals surface area (Å²) in [5.41, 5.74) is 0. The Labute approximate surface area is 81.1 Å². The fraction of sp³-hybridized carbons (Fsp3) is 0.909. The van der Waals surface area contributed by atoms with Gasteiger partial charge in [-0.1, -0.05) is 20.3 Å². The predicted molar refractivity (Wildman–Crippen MR) is 54.7 cm³/mol. The van der Waals surface area contributed by atoms with Crippen LogP contribution in [0, 0.1) is 5.92 Å². The van der Waals surface area contributed by atoms with E-state index in [0.29, 0.717) is 17.7 Å². The van der Waals surface area contributed by atoms with E-state index in [1.807, 2.05) is 0 Å². The molecule has 0 radical (unpaired) electrons. The minimum absolute atomic E-state index is 0.430. The van der Waals surface area contributed by atoms with E-state index in [2.05, 4.69) is 19.2 Å². The monoisotopic (exact) mass is 183 g/mol. The quantitative estimate of drug-likeness (QED) is 0.639. The number of hydrogen-bond acceptors (Lipinski definition) is 2. The molecule has 1 aliphatic carbocycles. The second kappa shape index (κ2) is 5.38. The van der Waals surface area contributed by atoms with E-state index in [0.717, 1.165) is 32.2 Å². The van der Waals surface area contributed by atoms with Gasteiger partial charge in [0.15, 0.2) is 0 Å². The van der Waals surface area contributed by atoms with Gasteiger partial charge in [-0.05, 0) is 25.8 Å². The first-order chi connectivity index (χ1) is 6.20. The third-order valence-electron chi connectivity index (χ3n) is 2.71. The van der Waals surface area contributed by atoms with Crippen molar-refractivity contribution >= 4 is 5.78 Å². The van der Waals surface area contributed by atoms with Crippen LogP contribution in [0.4, 0.5) is 0 Å². The van der Waals surface area contributed by atoms with E-state index in [-0.39, 0.29) is 0 Å². The van der Waals surface area contributed by atoms with Crippen LogP contribution in [-0.4, -0.2) is 18.4 Å². The van der Waals surface area contributed by atoms with Gasteiger partial charge in [-0.2, -0.15) is 0 Å². The van der Waals surface area contributed by atoms with Crippen LogP contribution in [0.5, 0.6) is 0 Å². The first-order valence-corrected chi connectivity index (χ1v) is 5.46. The first-order valence-electron chi connectivity index (χ1n) is 5.46. The maximum absolute atomic E-state index is 11.4. The summed E-state index contributed by atoms with van der Waals surface area (Å²) in [5.74, 6) is 0.927. The highest BCUT2D eigenvalue weighted by molar-refractivity contribution is 5.81. The summed E-state index contributed by atoms with van der Waals surface area (Å²) in [5, 5.41) is 3.32. The van der Waals surface area contributed by atoms with Crippen LogP contribution in [0.25, 0.3) is 0 Å². The summed E-state index contributed by atoms with van der Waals surface area (Å²) in [6.07, 6.45) is 5.35. The largest absolute Gasteiger partial charge is 0.315 e. The third-order valence-corrected chi connectivity index (χ3v) is 2.71. The van der Waals surface area contributed by atoms with Gasteiger partial charge in [0.2, 0.25) is 0 Å². The smallest absolute Gasteiger partial charge is 0.136 e. The van der Waals surface area contributed by atoms with Crippen molar-refractivity contribution in [1.29, 1.82) is 0 Å². The van der Waals surface area contributed by atoms with E-state index < -0.39 is 0 Å². The zero-order chi connectivity index (χ0) is 9.68. The van der Waals surface area contributed by atoms with Gasteiger partial charge in [0.25, 0.3) is 0 Å². The molecule has 76 valence electrons. The molecular weight excluding hydrogens is 162 g/mol. The Hall–Kier alpha value is -0.370. The number of nitrogens with one attached hydrogen (secondary N) is 1. The molecule has 0 unspecified atom stereocenters. The fourth-order valence-corrected chi connectivity index (χ4v) is 1.59. The maximum Gasteiger partial charge on any atom is 0.136 e. The van der Waals surface area contributed by atoms with Crippen molar-refractivity contribution in [3.63, 3.8) is 0 Å². The average Bonchev–Trinajstić information content (AvgIpc) is 1.94. The van der Waals surface area contributed by atoms with Gasteiger partial charge in [-0.15, -0.1) is 0 Å². The Balaban J connectivity index is 1.95. The van der Waals surface area contributed by atoms with Gasteiger partial charge < -0.3 is 5.32 Å². The fourth-order valence-electron chi connectivity index (χ4n) is 1.59. The van der Waals surface area contributed by atoms with Gasteiger partial charge in [0, 0.05) is 18.4 Å². The minimum atomic E-state index is 0.430. The summed E-state index contributed by atoms with van der Waals surface area (Å²) in [6, 6.07) is 0.541. The lowest BCUT2D eigenvalue weighted by Gasteiger charge is -2.23. The number of ketones is 1. The van der Waals surface area contributed by atoms with Crippen LogP contribution in [0.3, 0.4) is 0 Å². The van der Waals surface area contributed by atoms with Crippen molar-refractivity contribution in [2.45, 2.75) is 52.0 Å². The summed E-state index contributed by atoms with van der Waals surface area (Å²) in [6.45, 7) is 5.25. The molecule has 13 heavy (non-hydrogen) atoms. The summed E-state index contributed by atoms with van der Waals surface area (Å²) in [4.78, 5) is 11.4. The molecule has 0 atom stereocenters. The third kappa shape index (κ3) is 3.90. The summed E-state index contributed by atoms with van der Waals surface area (Å²) >= 11 is 0. The Morgan fingerprint density at radius 1 is 1.46 bits per heavy atom. The normalized spacial score (nSPS) is 17.5. The molecule has 1 aliphatic rings. The van der Waals surface area contributed by atoms with Crippen LogP contribution in [0.1, 0.15) is 46.0 Å². The highest BCUT2D eigenvalue weighted by atomic mass is 16.1. The van der Waals surface area contributed by atoms with Crippen molar-refractivity contribution in [2.24, 2.45) is 5.92 Å². The molecule has 1 fully saturated rings. The molecule has 0 amide bonds. The van der Waals surface area contributed by atoms with Gasteiger partial charge in [-0.25, -0.2) is 0 Å². The molecule has 1 saturated carbocycles. The standard InChI is InChI=1S/C11H21NO/c1-9(2)12-8-4-7-11(13)10-5-3-6-10/h9-10,12H,3-8H2,1-2H3. The Morgan fingerprint density at radius 2 is 2.15 bits per heavy atom. The zero-order valence-corrected chi connectivity index (χ0v) is 8.81. The molecule has 1 rings (SSSR count). The van der Waals surface area contributed by atoms with Crippen LogP contribution < -0.4 is 5.32 Å². The number of carbonyl (C=O) groups is 1. The van der Waals surface area contributed by atoms with Crippen molar-refractivity contribution in [3.8, 4) is 0 Å².